The van der Waals surface area contributed by atoms with Gasteiger partial charge in [-0.3, -0.25) is 9.78 Å². The van der Waals surface area contributed by atoms with Gasteiger partial charge in [0, 0.05) is 50.4 Å². The summed E-state index contributed by atoms with van der Waals surface area (Å²) >= 11 is 0. The Bertz CT molecular complexity index is 647. The lowest BCUT2D eigenvalue weighted by molar-refractivity contribution is -0.129. The maximum atomic E-state index is 11.4. The zero-order valence-corrected chi connectivity index (χ0v) is 11.5. The third kappa shape index (κ3) is 2.15. The minimum absolute atomic E-state index is 0.147. The third-order valence-electron chi connectivity index (χ3n) is 3.84. The number of hydrogen-bond donors (Lipinski definition) is 1. The van der Waals surface area contributed by atoms with Crippen LogP contribution in [0.25, 0.3) is 10.9 Å². The maximum absolute atomic E-state index is 11.4. The standard InChI is InChI=1S/C15H18N4O/c1-11(20)18-7-9-19(10-8-18)14-5-4-13(16)15-12(14)3-2-6-17-15/h2-6H,7-10,16H2,1H3. The Morgan fingerprint density at radius 1 is 1.20 bits per heavy atom. The molecule has 5 heteroatoms. The number of fused-ring (bicyclic) bond motifs is 1. The van der Waals surface area contributed by atoms with Crippen LogP contribution in [0.2, 0.25) is 0 Å². The van der Waals surface area contributed by atoms with Crippen LogP contribution in [-0.4, -0.2) is 42.0 Å². The monoisotopic (exact) mass is 270 g/mol. The van der Waals surface area contributed by atoms with Gasteiger partial charge in [0.05, 0.1) is 11.2 Å². The number of nitrogens with two attached hydrogens (primary N) is 1. The van der Waals surface area contributed by atoms with E-state index in [1.165, 1.54) is 0 Å². The number of aromatic nitrogens is 1. The summed E-state index contributed by atoms with van der Waals surface area (Å²) in [6.07, 6.45) is 1.76. The molecule has 104 valence electrons. The summed E-state index contributed by atoms with van der Waals surface area (Å²) < 4.78 is 0. The van der Waals surface area contributed by atoms with E-state index in [1.807, 2.05) is 29.2 Å². The molecule has 1 amide bonds. The molecule has 3 rings (SSSR count). The number of anilines is 2. The third-order valence-corrected chi connectivity index (χ3v) is 3.84. The van der Waals surface area contributed by atoms with Gasteiger partial charge in [0.25, 0.3) is 0 Å². The fourth-order valence-corrected chi connectivity index (χ4v) is 2.72. The summed E-state index contributed by atoms with van der Waals surface area (Å²) in [5.74, 6) is 0.147. The molecule has 2 aromatic rings. The summed E-state index contributed by atoms with van der Waals surface area (Å²) in [7, 11) is 0. The number of hydrogen-bond acceptors (Lipinski definition) is 4. The lowest BCUT2D eigenvalue weighted by Gasteiger charge is -2.36. The lowest BCUT2D eigenvalue weighted by Crippen LogP contribution is -2.48. The van der Waals surface area contributed by atoms with E-state index in [1.54, 1.807) is 13.1 Å². The molecule has 0 unspecified atom stereocenters. The molecular weight excluding hydrogens is 252 g/mol. The average molecular weight is 270 g/mol. The molecule has 0 saturated carbocycles. The van der Waals surface area contributed by atoms with Crippen molar-refractivity contribution in [3.63, 3.8) is 0 Å². The molecule has 2 N–H and O–H groups in total. The highest BCUT2D eigenvalue weighted by Crippen LogP contribution is 2.29. The number of rotatable bonds is 1. The van der Waals surface area contributed by atoms with Crippen LogP contribution < -0.4 is 10.6 Å². The molecule has 5 nitrogen and oxygen atoms in total. The predicted molar refractivity (Wildman–Crippen MR) is 80.6 cm³/mol. The molecule has 0 aliphatic carbocycles. The Hall–Kier alpha value is -2.30. The van der Waals surface area contributed by atoms with Crippen LogP contribution in [0.15, 0.2) is 30.5 Å². The predicted octanol–water partition coefficient (Wildman–Crippen LogP) is 1.49. The first-order valence-corrected chi connectivity index (χ1v) is 6.80. The summed E-state index contributed by atoms with van der Waals surface area (Å²) in [5.41, 5.74) is 8.67. The zero-order valence-electron chi connectivity index (χ0n) is 11.5. The first-order valence-electron chi connectivity index (χ1n) is 6.80. The maximum Gasteiger partial charge on any atom is 0.219 e. The average Bonchev–Trinajstić information content (AvgIpc) is 2.48. The van der Waals surface area contributed by atoms with Gasteiger partial charge < -0.3 is 15.5 Å². The molecule has 1 aliphatic heterocycles. The van der Waals surface area contributed by atoms with Gasteiger partial charge >= 0.3 is 0 Å². The van der Waals surface area contributed by atoms with E-state index >= 15 is 0 Å². The normalized spacial score (nSPS) is 15.7. The molecule has 0 radical (unpaired) electrons. The first kappa shape index (κ1) is 12.7. The molecular formula is C15H18N4O. The van der Waals surface area contributed by atoms with Crippen LogP contribution in [0.4, 0.5) is 11.4 Å². The second-order valence-electron chi connectivity index (χ2n) is 5.07. The Morgan fingerprint density at radius 2 is 1.95 bits per heavy atom. The molecule has 1 aromatic heterocycles. The van der Waals surface area contributed by atoms with Crippen LogP contribution in [0.5, 0.6) is 0 Å². The molecule has 1 saturated heterocycles. The smallest absolute Gasteiger partial charge is 0.219 e. The largest absolute Gasteiger partial charge is 0.397 e. The Kier molecular flexibility index (Phi) is 3.18. The van der Waals surface area contributed by atoms with E-state index in [-0.39, 0.29) is 5.91 Å². The lowest BCUT2D eigenvalue weighted by atomic mass is 10.1. The van der Waals surface area contributed by atoms with Gasteiger partial charge in [0.15, 0.2) is 0 Å². The van der Waals surface area contributed by atoms with Crippen molar-refractivity contribution in [2.75, 3.05) is 36.8 Å². The molecule has 1 aromatic carbocycles. The van der Waals surface area contributed by atoms with E-state index in [9.17, 15) is 4.79 Å². The van der Waals surface area contributed by atoms with Gasteiger partial charge in [-0.2, -0.15) is 0 Å². The van der Waals surface area contributed by atoms with Gasteiger partial charge in [-0.05, 0) is 24.3 Å². The molecule has 0 bridgehead atoms. The van der Waals surface area contributed by atoms with Crippen LogP contribution in [0.1, 0.15) is 6.92 Å². The number of pyridine rings is 1. The Labute approximate surface area is 118 Å². The zero-order chi connectivity index (χ0) is 14.1. The van der Waals surface area contributed by atoms with Crippen LogP contribution >= 0.6 is 0 Å². The molecule has 0 spiro atoms. The molecule has 1 aliphatic rings. The van der Waals surface area contributed by atoms with Gasteiger partial charge in [-0.25, -0.2) is 0 Å². The van der Waals surface area contributed by atoms with Crippen molar-refractivity contribution >= 4 is 28.2 Å². The van der Waals surface area contributed by atoms with Crippen molar-refractivity contribution in [2.24, 2.45) is 0 Å². The Morgan fingerprint density at radius 3 is 2.65 bits per heavy atom. The van der Waals surface area contributed by atoms with Crippen LogP contribution in [0.3, 0.4) is 0 Å². The fraction of sp³-hybridized carbons (Fsp3) is 0.333. The number of nitrogens with zero attached hydrogens (tertiary/aromatic N) is 3. The highest BCUT2D eigenvalue weighted by molar-refractivity contribution is 5.98. The van der Waals surface area contributed by atoms with Crippen LogP contribution in [0, 0.1) is 0 Å². The van der Waals surface area contributed by atoms with E-state index in [0.29, 0.717) is 5.69 Å². The molecule has 2 heterocycles. The van der Waals surface area contributed by atoms with Crippen molar-refractivity contribution in [2.45, 2.75) is 6.92 Å². The topological polar surface area (TPSA) is 62.5 Å². The number of carbonyl (C=O) groups is 1. The SMILES string of the molecule is CC(=O)N1CCN(c2ccc(N)c3ncccc23)CC1. The second-order valence-corrected chi connectivity index (χ2v) is 5.07. The molecule has 1 fully saturated rings. The highest BCUT2D eigenvalue weighted by atomic mass is 16.2. The van der Waals surface area contributed by atoms with Gasteiger partial charge in [0.1, 0.15) is 0 Å². The number of amides is 1. The number of nitrogen functional groups attached to an aromatic ring is 1. The van der Waals surface area contributed by atoms with Gasteiger partial charge in [-0.15, -0.1) is 0 Å². The summed E-state index contributed by atoms with van der Waals surface area (Å²) in [4.78, 5) is 19.9. The summed E-state index contributed by atoms with van der Waals surface area (Å²) in [6, 6.07) is 7.92. The van der Waals surface area contributed by atoms with E-state index in [2.05, 4.69) is 9.88 Å². The molecule has 0 atom stereocenters. The summed E-state index contributed by atoms with van der Waals surface area (Å²) in [5, 5.41) is 1.07. The Balaban J connectivity index is 1.92. The van der Waals surface area contributed by atoms with Crippen molar-refractivity contribution < 1.29 is 4.79 Å². The van der Waals surface area contributed by atoms with Crippen molar-refractivity contribution in [1.82, 2.24) is 9.88 Å². The second kappa shape index (κ2) is 5.00. The van der Waals surface area contributed by atoms with Crippen molar-refractivity contribution in [3.05, 3.63) is 30.5 Å². The van der Waals surface area contributed by atoms with E-state index in [4.69, 9.17) is 5.73 Å². The number of carbonyl (C=O) groups excluding carboxylic acids is 1. The van der Waals surface area contributed by atoms with E-state index in [0.717, 1.165) is 42.8 Å². The van der Waals surface area contributed by atoms with Gasteiger partial charge in [-0.1, -0.05) is 0 Å². The highest BCUT2D eigenvalue weighted by Gasteiger charge is 2.20. The van der Waals surface area contributed by atoms with Crippen LogP contribution in [-0.2, 0) is 4.79 Å². The summed E-state index contributed by atoms with van der Waals surface area (Å²) in [6.45, 7) is 4.84. The molecule has 20 heavy (non-hydrogen) atoms. The van der Waals surface area contributed by atoms with E-state index < -0.39 is 0 Å². The minimum atomic E-state index is 0.147. The number of piperazine rings is 1. The minimum Gasteiger partial charge on any atom is -0.397 e. The van der Waals surface area contributed by atoms with Crippen molar-refractivity contribution in [3.8, 4) is 0 Å². The fourth-order valence-electron chi connectivity index (χ4n) is 2.72. The first-order chi connectivity index (χ1) is 9.66. The van der Waals surface area contributed by atoms with Crippen molar-refractivity contribution in [1.29, 1.82) is 0 Å². The number of benzene rings is 1. The quantitative estimate of drug-likeness (QED) is 0.797. The van der Waals surface area contributed by atoms with Gasteiger partial charge in [0.2, 0.25) is 5.91 Å².